The van der Waals surface area contributed by atoms with E-state index < -0.39 is 0 Å². The Labute approximate surface area is 284 Å². The normalized spacial score (nSPS) is 14.6. The van der Waals surface area contributed by atoms with Gasteiger partial charge in [0.1, 0.15) is 5.82 Å². The van der Waals surface area contributed by atoms with Crippen LogP contribution in [0.2, 0.25) is 0 Å². The number of benzene rings is 6. The van der Waals surface area contributed by atoms with Crippen LogP contribution in [0.4, 0.5) is 32.8 Å². The molecular weight excluding hydrogens is 588 g/mol. The first kappa shape index (κ1) is 30.2. The lowest BCUT2D eigenvalue weighted by Crippen LogP contribution is -2.18. The van der Waals surface area contributed by atoms with Crippen LogP contribution in [0.15, 0.2) is 121 Å². The lowest BCUT2D eigenvalue weighted by Gasteiger charge is -2.30. The van der Waals surface area contributed by atoms with E-state index in [0.29, 0.717) is 0 Å². The Kier molecular flexibility index (Phi) is 6.72. The Morgan fingerprint density at radius 3 is 1.31 bits per heavy atom. The molecule has 238 valence electrons. The van der Waals surface area contributed by atoms with Crippen molar-refractivity contribution in [1.82, 2.24) is 0 Å². The van der Waals surface area contributed by atoms with E-state index in [1.807, 2.05) is 19.2 Å². The molecule has 2 nitrogen and oxygen atoms in total. The molecule has 0 radical (unpaired) electrons. The average Bonchev–Trinajstić information content (AvgIpc) is 3.44. The van der Waals surface area contributed by atoms with Gasteiger partial charge in [0, 0.05) is 46.3 Å². The molecule has 0 aliphatic heterocycles. The van der Waals surface area contributed by atoms with E-state index >= 15 is 0 Å². The molecule has 0 spiro atoms. The summed E-state index contributed by atoms with van der Waals surface area (Å²) in [6.45, 7) is 13.7. The summed E-state index contributed by atoms with van der Waals surface area (Å²) in [4.78, 5) is 4.54. The van der Waals surface area contributed by atoms with Gasteiger partial charge in [0.15, 0.2) is 0 Å². The molecule has 0 amide bonds. The van der Waals surface area contributed by atoms with Crippen LogP contribution >= 0.6 is 0 Å². The number of aryl methyl sites for hydroxylation is 2. The molecule has 0 atom stereocenters. The standard InChI is InChI=1S/C45H41FN2/c1-28-8-13-32(14-9-28)48(34-18-22-38-36-20-10-29(2)24-40(36)44(3,4)42(38)26-34)35-19-23-39-37-21-17-33(25-41(37)45(5,6)43(39)27-35)47(7)31-15-11-30(46)12-16-31/h8-27H,1-7H3. The molecule has 6 aromatic rings. The third kappa shape index (κ3) is 4.59. The predicted octanol–water partition coefficient (Wildman–Crippen LogP) is 12.3. The second-order valence-corrected chi connectivity index (χ2v) is 14.7. The van der Waals surface area contributed by atoms with Crippen LogP contribution in [-0.2, 0) is 10.8 Å². The molecule has 0 fully saturated rings. The minimum Gasteiger partial charge on any atom is -0.345 e. The van der Waals surface area contributed by atoms with E-state index in [1.54, 1.807) is 0 Å². The molecular formula is C45H41FN2. The van der Waals surface area contributed by atoms with E-state index in [2.05, 4.69) is 148 Å². The van der Waals surface area contributed by atoms with Gasteiger partial charge in [-0.25, -0.2) is 4.39 Å². The van der Waals surface area contributed by atoms with Gasteiger partial charge in [-0.05, 0) is 131 Å². The molecule has 8 rings (SSSR count). The van der Waals surface area contributed by atoms with Crippen molar-refractivity contribution in [1.29, 1.82) is 0 Å². The maximum atomic E-state index is 13.6. The molecule has 2 aliphatic rings. The van der Waals surface area contributed by atoms with Crippen molar-refractivity contribution in [2.24, 2.45) is 0 Å². The third-order valence-electron chi connectivity index (χ3n) is 10.9. The first-order chi connectivity index (χ1) is 22.9. The molecule has 48 heavy (non-hydrogen) atoms. The Hall–Kier alpha value is -5.15. The summed E-state index contributed by atoms with van der Waals surface area (Å²) in [5, 5.41) is 0. The minimum atomic E-state index is -0.225. The fourth-order valence-corrected chi connectivity index (χ4v) is 7.99. The molecule has 0 saturated carbocycles. The largest absolute Gasteiger partial charge is 0.345 e. The summed E-state index contributed by atoms with van der Waals surface area (Å²) in [7, 11) is 2.04. The van der Waals surface area contributed by atoms with Crippen molar-refractivity contribution < 1.29 is 4.39 Å². The van der Waals surface area contributed by atoms with Gasteiger partial charge in [0.2, 0.25) is 0 Å². The molecule has 0 aromatic heterocycles. The van der Waals surface area contributed by atoms with Crippen LogP contribution < -0.4 is 9.80 Å². The van der Waals surface area contributed by atoms with Crippen molar-refractivity contribution in [3.8, 4) is 22.3 Å². The zero-order chi connectivity index (χ0) is 33.5. The van der Waals surface area contributed by atoms with Gasteiger partial charge < -0.3 is 9.80 Å². The van der Waals surface area contributed by atoms with Crippen LogP contribution in [0.5, 0.6) is 0 Å². The Morgan fingerprint density at radius 1 is 0.417 bits per heavy atom. The third-order valence-corrected chi connectivity index (χ3v) is 10.9. The lowest BCUT2D eigenvalue weighted by atomic mass is 9.81. The first-order valence-corrected chi connectivity index (χ1v) is 16.8. The summed E-state index contributed by atoms with van der Waals surface area (Å²) in [5.41, 5.74) is 18.3. The second-order valence-electron chi connectivity index (χ2n) is 14.7. The van der Waals surface area contributed by atoms with Crippen molar-refractivity contribution >= 4 is 28.4 Å². The van der Waals surface area contributed by atoms with E-state index in [4.69, 9.17) is 0 Å². The second kappa shape index (κ2) is 10.7. The number of halogens is 1. The fraction of sp³-hybridized carbons (Fsp3) is 0.200. The molecule has 2 aliphatic carbocycles. The summed E-state index contributed by atoms with van der Waals surface area (Å²) in [6, 6.07) is 43.1. The van der Waals surface area contributed by atoms with E-state index in [0.717, 1.165) is 28.4 Å². The van der Waals surface area contributed by atoms with Gasteiger partial charge >= 0.3 is 0 Å². The molecule has 6 aromatic carbocycles. The minimum absolute atomic E-state index is 0.0913. The number of hydrogen-bond acceptors (Lipinski definition) is 2. The summed E-state index contributed by atoms with van der Waals surface area (Å²) in [6.07, 6.45) is 0. The van der Waals surface area contributed by atoms with Gasteiger partial charge in [-0.1, -0.05) is 87.4 Å². The first-order valence-electron chi connectivity index (χ1n) is 16.8. The number of hydrogen-bond donors (Lipinski definition) is 0. The van der Waals surface area contributed by atoms with Gasteiger partial charge in [0.05, 0.1) is 0 Å². The highest BCUT2D eigenvalue weighted by atomic mass is 19.1. The van der Waals surface area contributed by atoms with Crippen LogP contribution in [-0.4, -0.2) is 7.05 Å². The number of anilines is 5. The highest BCUT2D eigenvalue weighted by Gasteiger charge is 2.38. The van der Waals surface area contributed by atoms with Crippen molar-refractivity contribution in [3.05, 3.63) is 161 Å². The average molecular weight is 629 g/mol. The highest BCUT2D eigenvalue weighted by Crippen LogP contribution is 2.53. The van der Waals surface area contributed by atoms with Crippen molar-refractivity contribution in [2.45, 2.75) is 52.4 Å². The van der Waals surface area contributed by atoms with Gasteiger partial charge in [-0.2, -0.15) is 0 Å². The zero-order valence-corrected chi connectivity index (χ0v) is 28.8. The topological polar surface area (TPSA) is 6.48 Å². The van der Waals surface area contributed by atoms with Crippen molar-refractivity contribution in [2.75, 3.05) is 16.8 Å². The van der Waals surface area contributed by atoms with E-state index in [1.165, 1.54) is 67.8 Å². The van der Waals surface area contributed by atoms with Gasteiger partial charge in [-0.15, -0.1) is 0 Å². The monoisotopic (exact) mass is 628 g/mol. The van der Waals surface area contributed by atoms with Crippen LogP contribution in [0.3, 0.4) is 0 Å². The van der Waals surface area contributed by atoms with Crippen LogP contribution in [0.1, 0.15) is 61.1 Å². The maximum Gasteiger partial charge on any atom is 0.123 e. The number of fused-ring (bicyclic) bond motifs is 6. The molecule has 0 bridgehead atoms. The van der Waals surface area contributed by atoms with Gasteiger partial charge in [-0.3, -0.25) is 0 Å². The Balaban J connectivity index is 1.23. The summed E-state index contributed by atoms with van der Waals surface area (Å²) >= 11 is 0. The molecule has 3 heteroatoms. The van der Waals surface area contributed by atoms with E-state index in [9.17, 15) is 4.39 Å². The maximum absolute atomic E-state index is 13.6. The molecule has 0 unspecified atom stereocenters. The van der Waals surface area contributed by atoms with Gasteiger partial charge in [0.25, 0.3) is 0 Å². The smallest absolute Gasteiger partial charge is 0.123 e. The fourth-order valence-electron chi connectivity index (χ4n) is 7.99. The van der Waals surface area contributed by atoms with E-state index in [-0.39, 0.29) is 16.6 Å². The number of rotatable bonds is 5. The highest BCUT2D eigenvalue weighted by molar-refractivity contribution is 5.89. The predicted molar refractivity (Wildman–Crippen MR) is 200 cm³/mol. The number of nitrogens with zero attached hydrogens (tertiary/aromatic N) is 2. The van der Waals surface area contributed by atoms with Crippen LogP contribution in [0, 0.1) is 19.7 Å². The quantitative estimate of drug-likeness (QED) is 0.187. The van der Waals surface area contributed by atoms with Crippen molar-refractivity contribution in [3.63, 3.8) is 0 Å². The molecule has 0 heterocycles. The summed E-state index contributed by atoms with van der Waals surface area (Å²) in [5.74, 6) is -0.225. The summed E-state index contributed by atoms with van der Waals surface area (Å²) < 4.78 is 13.6. The van der Waals surface area contributed by atoms with Crippen LogP contribution in [0.25, 0.3) is 22.3 Å². The Bertz CT molecular complexity index is 2220. The Morgan fingerprint density at radius 2 is 0.792 bits per heavy atom. The molecule has 0 N–H and O–H groups in total. The zero-order valence-electron chi connectivity index (χ0n) is 28.8. The SMILES string of the molecule is Cc1ccc(N(c2ccc3c(c2)C(C)(C)c2cc(C)ccc2-3)c2ccc3c(c2)C(C)(C)c2cc(N(C)c4ccc(F)cc4)ccc2-3)cc1. The molecule has 0 saturated heterocycles. The lowest BCUT2D eigenvalue weighted by molar-refractivity contribution is 0.628.